The molecule has 2 amide bonds. The number of nitrogens with zero attached hydrogens (tertiary/aromatic N) is 3. The molecule has 2 aromatic rings. The van der Waals surface area contributed by atoms with Crippen molar-refractivity contribution in [1.82, 2.24) is 14.7 Å². The normalized spacial score (nSPS) is 10.5. The highest BCUT2D eigenvalue weighted by atomic mass is 35.5. The zero-order valence-electron chi connectivity index (χ0n) is 14.0. The Hall–Kier alpha value is -1.99. The minimum absolute atomic E-state index is 0.228. The third-order valence-corrected chi connectivity index (χ3v) is 4.47. The first-order valence-corrected chi connectivity index (χ1v) is 8.91. The summed E-state index contributed by atoms with van der Waals surface area (Å²) in [6.45, 7) is 2.40. The average molecular weight is 367 g/mol. The molecule has 1 aromatic heterocycles. The van der Waals surface area contributed by atoms with Crippen LogP contribution in [0, 0.1) is 0 Å². The fourth-order valence-electron chi connectivity index (χ4n) is 2.15. The third-order valence-electron chi connectivity index (χ3n) is 3.41. The van der Waals surface area contributed by atoms with Crippen LogP contribution in [-0.4, -0.2) is 46.8 Å². The first-order valence-electron chi connectivity index (χ1n) is 7.31. The molecular weight excluding hydrogens is 348 g/mol. The van der Waals surface area contributed by atoms with E-state index in [1.807, 2.05) is 19.2 Å². The molecule has 24 heavy (non-hydrogen) atoms. The van der Waals surface area contributed by atoms with Gasteiger partial charge >= 0.3 is 0 Å². The molecule has 1 aromatic carbocycles. The fourth-order valence-corrected chi connectivity index (χ4v) is 2.79. The molecule has 1 N–H and O–H groups in total. The number of hydrogen-bond donors (Lipinski definition) is 1. The zero-order chi connectivity index (χ0) is 17.9. The molecule has 0 atom stereocenters. The molecule has 0 unspecified atom stereocenters. The Kier molecular flexibility index (Phi) is 5.90. The highest BCUT2D eigenvalue weighted by Crippen LogP contribution is 2.25. The lowest BCUT2D eigenvalue weighted by Gasteiger charge is -2.14. The number of halogens is 1. The monoisotopic (exact) mass is 366 g/mol. The summed E-state index contributed by atoms with van der Waals surface area (Å²) in [7, 11) is 3.31. The number of nitrogens with one attached hydrogen (secondary N) is 1. The summed E-state index contributed by atoms with van der Waals surface area (Å²) in [5.41, 5.74) is 1.06. The second-order valence-corrected chi connectivity index (χ2v) is 6.51. The molecule has 0 bridgehead atoms. The van der Waals surface area contributed by atoms with Crippen LogP contribution in [0.15, 0.2) is 29.3 Å². The number of rotatable bonds is 5. The second-order valence-electron chi connectivity index (χ2n) is 5.22. The van der Waals surface area contributed by atoms with Crippen molar-refractivity contribution in [2.75, 3.05) is 25.7 Å². The van der Waals surface area contributed by atoms with Crippen molar-refractivity contribution in [3.8, 4) is 0 Å². The van der Waals surface area contributed by atoms with Crippen LogP contribution in [0.2, 0.25) is 5.02 Å². The van der Waals surface area contributed by atoms with E-state index in [4.69, 9.17) is 11.6 Å². The molecule has 0 fully saturated rings. The number of anilines is 1. The average Bonchev–Trinajstić information content (AvgIpc) is 2.96. The molecule has 0 saturated carbocycles. The highest BCUT2D eigenvalue weighted by molar-refractivity contribution is 7.98. The van der Waals surface area contributed by atoms with Gasteiger partial charge in [0.05, 0.1) is 22.5 Å². The summed E-state index contributed by atoms with van der Waals surface area (Å²) < 4.78 is 1.55. The Bertz CT molecular complexity index is 773. The Balaban J connectivity index is 2.36. The van der Waals surface area contributed by atoms with E-state index >= 15 is 0 Å². The molecule has 0 spiro atoms. The smallest absolute Gasteiger partial charge is 0.273 e. The first-order chi connectivity index (χ1) is 11.4. The maximum atomic E-state index is 12.6. The van der Waals surface area contributed by atoms with Gasteiger partial charge in [0, 0.05) is 25.5 Å². The van der Waals surface area contributed by atoms with E-state index in [0.29, 0.717) is 28.5 Å². The molecule has 6 nitrogen and oxygen atoms in total. The van der Waals surface area contributed by atoms with Gasteiger partial charge in [-0.05, 0) is 31.4 Å². The molecule has 0 aliphatic rings. The van der Waals surface area contributed by atoms with Crippen molar-refractivity contribution >= 4 is 40.9 Å². The molecule has 0 aliphatic heterocycles. The van der Waals surface area contributed by atoms with Crippen molar-refractivity contribution in [3.63, 3.8) is 0 Å². The minimum atomic E-state index is -0.376. The molecule has 1 heterocycles. The molecule has 2 rings (SSSR count). The van der Waals surface area contributed by atoms with Crippen molar-refractivity contribution in [1.29, 1.82) is 0 Å². The van der Waals surface area contributed by atoms with Gasteiger partial charge in [0.15, 0.2) is 0 Å². The predicted molar refractivity (Wildman–Crippen MR) is 97.1 cm³/mol. The Morgan fingerprint density at radius 2 is 2.08 bits per heavy atom. The summed E-state index contributed by atoms with van der Waals surface area (Å²) in [5, 5.41) is 7.26. The maximum absolute atomic E-state index is 12.6. The van der Waals surface area contributed by atoms with E-state index in [9.17, 15) is 9.59 Å². The summed E-state index contributed by atoms with van der Waals surface area (Å²) in [6, 6.07) is 5.25. The van der Waals surface area contributed by atoms with Gasteiger partial charge in [0.25, 0.3) is 11.8 Å². The number of amides is 2. The Morgan fingerprint density at radius 1 is 1.38 bits per heavy atom. The van der Waals surface area contributed by atoms with Gasteiger partial charge < -0.3 is 10.2 Å². The van der Waals surface area contributed by atoms with Gasteiger partial charge in [-0.3, -0.25) is 14.3 Å². The maximum Gasteiger partial charge on any atom is 0.273 e. The van der Waals surface area contributed by atoms with Crippen molar-refractivity contribution in [2.24, 2.45) is 0 Å². The van der Waals surface area contributed by atoms with E-state index in [2.05, 4.69) is 10.4 Å². The van der Waals surface area contributed by atoms with E-state index in [1.54, 1.807) is 30.9 Å². The van der Waals surface area contributed by atoms with E-state index in [0.717, 1.165) is 4.90 Å². The number of hydrogen-bond acceptors (Lipinski definition) is 4. The highest BCUT2D eigenvalue weighted by Gasteiger charge is 2.22. The standard InChI is InChI=1S/C16H19ClN4O2S/c1-5-21-14(16(23)20(2)3)13(9-18-21)19-15(22)11-8-10(24-4)6-7-12(11)17/h6-9H,5H2,1-4H3,(H,19,22). The minimum Gasteiger partial charge on any atom is -0.343 e. The lowest BCUT2D eigenvalue weighted by atomic mass is 10.2. The van der Waals surface area contributed by atoms with Gasteiger partial charge in [-0.2, -0.15) is 5.10 Å². The molecule has 8 heteroatoms. The van der Waals surface area contributed by atoms with Crippen LogP contribution in [0.4, 0.5) is 5.69 Å². The molecule has 0 radical (unpaired) electrons. The summed E-state index contributed by atoms with van der Waals surface area (Å²) in [5.74, 6) is -0.604. The van der Waals surface area contributed by atoms with Crippen LogP contribution in [0.3, 0.4) is 0 Å². The van der Waals surface area contributed by atoms with Crippen LogP contribution in [0.25, 0.3) is 0 Å². The van der Waals surface area contributed by atoms with Crippen LogP contribution < -0.4 is 5.32 Å². The Morgan fingerprint density at radius 3 is 2.67 bits per heavy atom. The van der Waals surface area contributed by atoms with E-state index < -0.39 is 0 Å². The van der Waals surface area contributed by atoms with Gasteiger partial charge in [0.2, 0.25) is 0 Å². The largest absolute Gasteiger partial charge is 0.343 e. The number of aryl methyl sites for hydroxylation is 1. The number of thioether (sulfide) groups is 1. The topological polar surface area (TPSA) is 67.2 Å². The number of carbonyl (C=O) groups excluding carboxylic acids is 2. The first kappa shape index (κ1) is 18.4. The molecule has 0 saturated heterocycles. The third kappa shape index (κ3) is 3.73. The fraction of sp³-hybridized carbons (Fsp3) is 0.312. The van der Waals surface area contributed by atoms with Crippen LogP contribution in [0.5, 0.6) is 0 Å². The number of carbonyl (C=O) groups is 2. The van der Waals surface area contributed by atoms with Gasteiger partial charge in [0.1, 0.15) is 5.69 Å². The number of aromatic nitrogens is 2. The Labute approximate surface area is 150 Å². The van der Waals surface area contributed by atoms with E-state index in [1.165, 1.54) is 22.9 Å². The quantitative estimate of drug-likeness (QED) is 0.825. The summed E-state index contributed by atoms with van der Waals surface area (Å²) in [4.78, 5) is 27.3. The van der Waals surface area contributed by atoms with Gasteiger partial charge in [-0.15, -0.1) is 11.8 Å². The molecule has 128 valence electrons. The van der Waals surface area contributed by atoms with Crippen molar-refractivity contribution < 1.29 is 9.59 Å². The summed E-state index contributed by atoms with van der Waals surface area (Å²) in [6.07, 6.45) is 3.40. The van der Waals surface area contributed by atoms with Gasteiger partial charge in [-0.25, -0.2) is 0 Å². The van der Waals surface area contributed by atoms with Crippen molar-refractivity contribution in [3.05, 3.63) is 40.7 Å². The molecular formula is C16H19ClN4O2S. The summed E-state index contributed by atoms with van der Waals surface area (Å²) >= 11 is 7.65. The van der Waals surface area contributed by atoms with Crippen LogP contribution in [-0.2, 0) is 6.54 Å². The molecule has 0 aliphatic carbocycles. The van der Waals surface area contributed by atoms with E-state index in [-0.39, 0.29) is 11.8 Å². The lowest BCUT2D eigenvalue weighted by Crippen LogP contribution is -2.26. The van der Waals surface area contributed by atoms with Crippen LogP contribution in [0.1, 0.15) is 27.8 Å². The zero-order valence-corrected chi connectivity index (χ0v) is 15.5. The van der Waals surface area contributed by atoms with Gasteiger partial charge in [-0.1, -0.05) is 11.6 Å². The SMILES string of the molecule is CCn1ncc(NC(=O)c2cc(SC)ccc2Cl)c1C(=O)N(C)C. The van der Waals surface area contributed by atoms with Crippen molar-refractivity contribution in [2.45, 2.75) is 18.4 Å². The number of benzene rings is 1. The second kappa shape index (κ2) is 7.72. The lowest BCUT2D eigenvalue weighted by molar-refractivity contribution is 0.0816. The predicted octanol–water partition coefficient (Wildman–Crippen LogP) is 3.23. The van der Waals surface area contributed by atoms with Crippen LogP contribution >= 0.6 is 23.4 Å².